The second-order valence-corrected chi connectivity index (χ2v) is 8.08. The van der Waals surface area contributed by atoms with E-state index in [1.165, 1.54) is 0 Å². The van der Waals surface area contributed by atoms with Gasteiger partial charge in [-0.05, 0) is 37.6 Å². The molecule has 0 amide bonds. The van der Waals surface area contributed by atoms with Gasteiger partial charge in [-0.25, -0.2) is 0 Å². The quantitative estimate of drug-likeness (QED) is 0.353. The predicted octanol–water partition coefficient (Wildman–Crippen LogP) is 1.50. The van der Waals surface area contributed by atoms with Crippen molar-refractivity contribution in [1.29, 1.82) is 0 Å². The molecule has 23 heavy (non-hydrogen) atoms. The Morgan fingerprint density at radius 3 is 1.78 bits per heavy atom. The number of hydrogen-bond donors (Lipinski definition) is 3. The molecule has 0 heterocycles. The summed E-state index contributed by atoms with van der Waals surface area (Å²) in [6.45, 7) is 2.63. The Balaban J connectivity index is 0.000000502. The first-order valence-electron chi connectivity index (χ1n) is 7.41. The second kappa shape index (κ2) is 12.3. The fourth-order valence-electron chi connectivity index (χ4n) is 1.70. The van der Waals surface area contributed by atoms with E-state index in [4.69, 9.17) is 34.6 Å². The highest BCUT2D eigenvalue weighted by Gasteiger charge is 2.36. The van der Waals surface area contributed by atoms with E-state index in [1.54, 1.807) is 52.5 Å². The molecule has 0 bridgehead atoms. The third-order valence-electron chi connectivity index (χ3n) is 3.00. The summed E-state index contributed by atoms with van der Waals surface area (Å²) < 4.78 is 21.0. The molecule has 1 atom stereocenters. The summed E-state index contributed by atoms with van der Waals surface area (Å²) in [4.78, 5) is 0. The van der Waals surface area contributed by atoms with Crippen LogP contribution in [0.1, 0.15) is 13.3 Å². The van der Waals surface area contributed by atoms with E-state index in [2.05, 4.69) is 0 Å². The molecule has 1 rings (SSSR count). The Labute approximate surface area is 139 Å². The van der Waals surface area contributed by atoms with Gasteiger partial charge >= 0.3 is 8.80 Å². The van der Waals surface area contributed by atoms with E-state index in [1.807, 2.05) is 0 Å². The van der Waals surface area contributed by atoms with Gasteiger partial charge < -0.3 is 34.6 Å². The van der Waals surface area contributed by atoms with Gasteiger partial charge in [0.05, 0.1) is 12.7 Å². The van der Waals surface area contributed by atoms with Crippen LogP contribution in [0.5, 0.6) is 0 Å². The minimum absolute atomic E-state index is 0.363. The SMILES string of the molecule is CO[Si](CCCOCC(C)O)(OC)OC.Nc1ccc(N)cc1. The number of aliphatic hydroxyl groups excluding tert-OH is 1. The molecule has 0 saturated carbocycles. The van der Waals surface area contributed by atoms with Crippen LogP contribution < -0.4 is 11.5 Å². The summed E-state index contributed by atoms with van der Waals surface area (Å²) in [6.07, 6.45) is 0.383. The van der Waals surface area contributed by atoms with Crippen molar-refractivity contribution in [2.45, 2.75) is 25.5 Å². The molecular weight excluding hydrogens is 316 g/mol. The van der Waals surface area contributed by atoms with Crippen LogP contribution in [-0.2, 0) is 18.0 Å². The first-order valence-corrected chi connectivity index (χ1v) is 9.34. The summed E-state index contributed by atoms with van der Waals surface area (Å²) in [5.41, 5.74) is 12.2. The van der Waals surface area contributed by atoms with Crippen LogP contribution in [0.25, 0.3) is 0 Å². The monoisotopic (exact) mass is 346 g/mol. The largest absolute Gasteiger partial charge is 0.500 e. The van der Waals surface area contributed by atoms with Gasteiger partial charge in [-0.1, -0.05) is 0 Å². The molecule has 0 aromatic heterocycles. The van der Waals surface area contributed by atoms with Gasteiger partial charge in [0.15, 0.2) is 0 Å². The van der Waals surface area contributed by atoms with Gasteiger partial charge in [0, 0.05) is 45.4 Å². The normalized spacial score (nSPS) is 12.4. The van der Waals surface area contributed by atoms with Crippen molar-refractivity contribution in [2.24, 2.45) is 0 Å². The van der Waals surface area contributed by atoms with Crippen molar-refractivity contribution in [3.05, 3.63) is 24.3 Å². The van der Waals surface area contributed by atoms with Crippen molar-refractivity contribution in [3.8, 4) is 0 Å². The summed E-state index contributed by atoms with van der Waals surface area (Å²) in [6, 6.07) is 7.81. The van der Waals surface area contributed by atoms with E-state index < -0.39 is 14.9 Å². The Bertz CT molecular complexity index is 370. The third kappa shape index (κ3) is 10.3. The maximum absolute atomic E-state index is 8.96. The van der Waals surface area contributed by atoms with E-state index in [9.17, 15) is 0 Å². The van der Waals surface area contributed by atoms with Crippen molar-refractivity contribution in [2.75, 3.05) is 46.0 Å². The molecule has 7 nitrogen and oxygen atoms in total. The maximum atomic E-state index is 8.96. The molecule has 5 N–H and O–H groups in total. The van der Waals surface area contributed by atoms with Crippen LogP contribution in [0.3, 0.4) is 0 Å². The fraction of sp³-hybridized carbons (Fsp3) is 0.600. The van der Waals surface area contributed by atoms with Crippen molar-refractivity contribution in [3.63, 3.8) is 0 Å². The van der Waals surface area contributed by atoms with Crippen LogP contribution >= 0.6 is 0 Å². The van der Waals surface area contributed by atoms with E-state index in [-0.39, 0.29) is 0 Å². The Morgan fingerprint density at radius 2 is 1.43 bits per heavy atom. The van der Waals surface area contributed by atoms with Crippen LogP contribution in [0.4, 0.5) is 11.4 Å². The molecule has 0 radical (unpaired) electrons. The number of aliphatic hydroxyl groups is 1. The number of anilines is 2. The molecule has 1 aromatic rings. The van der Waals surface area contributed by atoms with Gasteiger partial charge in [0.2, 0.25) is 0 Å². The first kappa shape index (κ1) is 21.8. The number of nitrogens with two attached hydrogens (primary N) is 2. The highest BCUT2D eigenvalue weighted by atomic mass is 28.4. The standard InChI is InChI=1S/C9H22O5Si.C6H8N2/c1-9(10)8-14-6-5-7-15(11-2,12-3)13-4;7-5-1-2-6(8)4-3-5/h9-10H,5-8H2,1-4H3;1-4H,7-8H2. The highest BCUT2D eigenvalue weighted by Crippen LogP contribution is 2.14. The lowest BCUT2D eigenvalue weighted by atomic mass is 10.3. The van der Waals surface area contributed by atoms with Crippen LogP contribution in [0.15, 0.2) is 24.3 Å². The van der Waals surface area contributed by atoms with Gasteiger partial charge in [-0.2, -0.15) is 0 Å². The molecule has 134 valence electrons. The molecule has 1 unspecified atom stereocenters. The Kier molecular flexibility index (Phi) is 11.7. The van der Waals surface area contributed by atoms with Crippen LogP contribution in [0.2, 0.25) is 6.04 Å². The summed E-state index contributed by atoms with van der Waals surface area (Å²) in [7, 11) is 2.34. The zero-order valence-electron chi connectivity index (χ0n) is 14.5. The number of ether oxygens (including phenoxy) is 1. The molecule has 0 fully saturated rings. The van der Waals surface area contributed by atoms with E-state index >= 15 is 0 Å². The number of nitrogen functional groups attached to an aromatic ring is 2. The van der Waals surface area contributed by atoms with Gasteiger partial charge in [-0.3, -0.25) is 0 Å². The van der Waals surface area contributed by atoms with Crippen LogP contribution in [0, 0.1) is 0 Å². The molecule has 0 aliphatic carbocycles. The number of rotatable bonds is 9. The molecular formula is C15H30N2O5Si. The average Bonchev–Trinajstić information content (AvgIpc) is 2.55. The first-order chi connectivity index (χ1) is 10.9. The molecule has 0 saturated heterocycles. The lowest BCUT2D eigenvalue weighted by molar-refractivity contribution is 0.0440. The summed E-state index contributed by atoms with van der Waals surface area (Å²) >= 11 is 0. The molecule has 8 heteroatoms. The minimum atomic E-state index is -2.44. The highest BCUT2D eigenvalue weighted by molar-refractivity contribution is 6.60. The molecule has 1 aromatic carbocycles. The summed E-state index contributed by atoms with van der Waals surface area (Å²) in [5.74, 6) is 0. The van der Waals surface area contributed by atoms with E-state index in [0.29, 0.717) is 13.2 Å². The molecule has 0 aliphatic rings. The van der Waals surface area contributed by atoms with E-state index in [0.717, 1.165) is 23.8 Å². The average molecular weight is 347 g/mol. The lowest BCUT2D eigenvalue weighted by Gasteiger charge is -2.24. The molecule has 0 aliphatic heterocycles. The smallest absolute Gasteiger partial charge is 0.399 e. The number of hydrogen-bond acceptors (Lipinski definition) is 7. The van der Waals surface area contributed by atoms with Crippen molar-refractivity contribution < 1.29 is 23.1 Å². The lowest BCUT2D eigenvalue weighted by Crippen LogP contribution is -2.42. The zero-order valence-corrected chi connectivity index (χ0v) is 15.5. The molecule has 0 spiro atoms. The summed E-state index contributed by atoms with van der Waals surface area (Å²) in [5, 5.41) is 8.96. The van der Waals surface area contributed by atoms with Gasteiger partial charge in [-0.15, -0.1) is 0 Å². The third-order valence-corrected chi connectivity index (χ3v) is 5.83. The fourth-order valence-corrected chi connectivity index (χ4v) is 3.39. The number of benzene rings is 1. The zero-order chi connectivity index (χ0) is 17.7. The second-order valence-electron chi connectivity index (χ2n) is 4.99. The van der Waals surface area contributed by atoms with Gasteiger partial charge in [0.25, 0.3) is 0 Å². The Hall–Kier alpha value is -1.16. The van der Waals surface area contributed by atoms with Crippen molar-refractivity contribution >= 4 is 20.2 Å². The van der Waals surface area contributed by atoms with Gasteiger partial charge in [0.1, 0.15) is 0 Å². The van der Waals surface area contributed by atoms with Crippen LogP contribution in [-0.4, -0.2) is 54.6 Å². The maximum Gasteiger partial charge on any atom is 0.500 e. The topological polar surface area (TPSA) is 109 Å². The predicted molar refractivity (Wildman–Crippen MR) is 94.0 cm³/mol. The van der Waals surface area contributed by atoms with Crippen molar-refractivity contribution in [1.82, 2.24) is 0 Å². The Morgan fingerprint density at radius 1 is 1.00 bits per heavy atom. The minimum Gasteiger partial charge on any atom is -0.399 e.